The van der Waals surface area contributed by atoms with Crippen molar-refractivity contribution < 1.29 is 13.9 Å². The van der Waals surface area contributed by atoms with Gasteiger partial charge >= 0.3 is 0 Å². The summed E-state index contributed by atoms with van der Waals surface area (Å²) in [5.74, 6) is 0.796. The third-order valence-corrected chi connectivity index (χ3v) is 5.54. The van der Waals surface area contributed by atoms with E-state index in [2.05, 4.69) is 4.90 Å². The van der Waals surface area contributed by atoms with Crippen LogP contribution in [-0.2, 0) is 0 Å². The molecule has 3 rings (SSSR count). The van der Waals surface area contributed by atoms with E-state index in [0.29, 0.717) is 18.7 Å². The summed E-state index contributed by atoms with van der Waals surface area (Å²) in [7, 11) is 5.33. The van der Waals surface area contributed by atoms with E-state index >= 15 is 4.39 Å². The molecule has 2 aromatic carbocycles. The van der Waals surface area contributed by atoms with Crippen molar-refractivity contribution in [1.82, 2.24) is 9.80 Å². The Kier molecular flexibility index (Phi) is 7.23. The second kappa shape index (κ2) is 9.85. The number of carbonyl (C=O) groups is 1. The zero-order valence-corrected chi connectivity index (χ0v) is 17.4. The van der Waals surface area contributed by atoms with Gasteiger partial charge in [0.15, 0.2) is 12.1 Å². The van der Waals surface area contributed by atoms with Crippen LogP contribution in [0.15, 0.2) is 54.6 Å². The Balaban J connectivity index is 1.61. The fourth-order valence-electron chi connectivity index (χ4n) is 3.81. The maximum absolute atomic E-state index is 15.2. The van der Waals surface area contributed by atoms with Crippen molar-refractivity contribution in [2.45, 2.75) is 18.8 Å². The molecule has 0 radical (unpaired) electrons. The standard InChI is InChI=1S/C23H30FN3O2/c1-25(2)20(23(28)18-9-5-4-6-10-18)17-22(24)27-15-13-26(14-16-27)19-11-7-8-12-21(19)29-3/h4-12,20,22H,13-17H2,1-3H3. The summed E-state index contributed by atoms with van der Waals surface area (Å²) >= 11 is 0. The number of methoxy groups -OCH3 is 1. The third-order valence-electron chi connectivity index (χ3n) is 5.54. The topological polar surface area (TPSA) is 36.0 Å². The SMILES string of the molecule is COc1ccccc1N1CCN(C(F)CC(C(=O)c2ccccc2)N(C)C)CC1. The molecule has 0 N–H and O–H groups in total. The minimum absolute atomic E-state index is 0.0362. The number of hydrogen-bond acceptors (Lipinski definition) is 5. The number of alkyl halides is 1. The fourth-order valence-corrected chi connectivity index (χ4v) is 3.81. The molecular weight excluding hydrogens is 369 g/mol. The quantitative estimate of drug-likeness (QED) is 0.503. The van der Waals surface area contributed by atoms with Crippen molar-refractivity contribution in [1.29, 1.82) is 0 Å². The van der Waals surface area contributed by atoms with Crippen molar-refractivity contribution in [3.05, 3.63) is 60.2 Å². The number of halogens is 1. The van der Waals surface area contributed by atoms with Crippen LogP contribution in [0, 0.1) is 0 Å². The van der Waals surface area contributed by atoms with Crippen LogP contribution in [0.2, 0.25) is 0 Å². The van der Waals surface area contributed by atoms with Gasteiger partial charge in [-0.2, -0.15) is 0 Å². The molecular formula is C23H30FN3O2. The van der Waals surface area contributed by atoms with Gasteiger partial charge in [-0.1, -0.05) is 42.5 Å². The number of hydrogen-bond donors (Lipinski definition) is 0. The molecule has 29 heavy (non-hydrogen) atoms. The fraction of sp³-hybridized carbons (Fsp3) is 0.435. The predicted octanol–water partition coefficient (Wildman–Crippen LogP) is 3.32. The average Bonchev–Trinajstić information content (AvgIpc) is 2.77. The number of likely N-dealkylation sites (N-methyl/N-ethyl adjacent to an activating group) is 1. The highest BCUT2D eigenvalue weighted by atomic mass is 19.1. The summed E-state index contributed by atoms with van der Waals surface area (Å²) in [5, 5.41) is 0. The Morgan fingerprint density at radius 1 is 1.03 bits per heavy atom. The smallest absolute Gasteiger partial charge is 0.180 e. The van der Waals surface area contributed by atoms with Gasteiger partial charge in [0, 0.05) is 38.2 Å². The first-order valence-electron chi connectivity index (χ1n) is 10.0. The van der Waals surface area contributed by atoms with Crippen molar-refractivity contribution in [2.75, 3.05) is 52.3 Å². The van der Waals surface area contributed by atoms with Gasteiger partial charge in [-0.05, 0) is 26.2 Å². The lowest BCUT2D eigenvalue weighted by molar-refractivity contribution is 0.0435. The lowest BCUT2D eigenvalue weighted by Crippen LogP contribution is -2.51. The predicted molar refractivity (Wildman–Crippen MR) is 115 cm³/mol. The molecule has 1 heterocycles. The van der Waals surface area contributed by atoms with E-state index in [-0.39, 0.29) is 12.2 Å². The molecule has 0 saturated carbocycles. The molecule has 0 aromatic heterocycles. The van der Waals surface area contributed by atoms with Crippen LogP contribution in [0.3, 0.4) is 0 Å². The van der Waals surface area contributed by atoms with Gasteiger partial charge in [-0.15, -0.1) is 0 Å². The number of rotatable bonds is 8. The number of ketones is 1. The first-order chi connectivity index (χ1) is 14.0. The summed E-state index contributed by atoms with van der Waals surface area (Å²) < 4.78 is 20.6. The summed E-state index contributed by atoms with van der Waals surface area (Å²) in [6.07, 6.45) is -0.995. The number of ether oxygens (including phenoxy) is 1. The summed E-state index contributed by atoms with van der Waals surface area (Å²) in [6, 6.07) is 16.5. The van der Waals surface area contributed by atoms with E-state index in [9.17, 15) is 4.79 Å². The van der Waals surface area contributed by atoms with E-state index in [1.807, 2.05) is 66.4 Å². The van der Waals surface area contributed by atoms with Crippen LogP contribution in [0.4, 0.5) is 10.1 Å². The summed E-state index contributed by atoms with van der Waals surface area (Å²) in [5.41, 5.74) is 1.66. The Bertz CT molecular complexity index is 792. The van der Waals surface area contributed by atoms with Gasteiger partial charge in [0.05, 0.1) is 18.8 Å². The van der Waals surface area contributed by atoms with Gasteiger partial charge in [0.1, 0.15) is 5.75 Å². The van der Waals surface area contributed by atoms with E-state index < -0.39 is 12.3 Å². The lowest BCUT2D eigenvalue weighted by atomic mass is 10.00. The minimum atomic E-state index is -1.16. The maximum Gasteiger partial charge on any atom is 0.180 e. The van der Waals surface area contributed by atoms with Gasteiger partial charge in [0.2, 0.25) is 0 Å². The van der Waals surface area contributed by atoms with Crippen LogP contribution in [-0.4, -0.2) is 75.3 Å². The van der Waals surface area contributed by atoms with Gasteiger partial charge in [-0.25, -0.2) is 4.39 Å². The van der Waals surface area contributed by atoms with Gasteiger partial charge in [-0.3, -0.25) is 14.6 Å². The first kappa shape index (κ1) is 21.3. The number of carbonyl (C=O) groups excluding carboxylic acids is 1. The molecule has 2 atom stereocenters. The molecule has 1 aliphatic heterocycles. The molecule has 2 aromatic rings. The molecule has 0 aliphatic carbocycles. The average molecular weight is 400 g/mol. The van der Waals surface area contributed by atoms with E-state index in [0.717, 1.165) is 24.5 Å². The normalized spacial score (nSPS) is 17.2. The number of Topliss-reactive ketones (excluding diaryl/α,β-unsaturated/α-hetero) is 1. The van der Waals surface area contributed by atoms with Crippen LogP contribution in [0.5, 0.6) is 5.75 Å². The zero-order chi connectivity index (χ0) is 20.8. The van der Waals surface area contributed by atoms with Crippen molar-refractivity contribution in [3.63, 3.8) is 0 Å². The Morgan fingerprint density at radius 3 is 2.28 bits per heavy atom. The van der Waals surface area contributed by atoms with Crippen molar-refractivity contribution >= 4 is 11.5 Å². The second-order valence-electron chi connectivity index (χ2n) is 7.57. The van der Waals surface area contributed by atoms with Crippen LogP contribution in [0.1, 0.15) is 16.8 Å². The third kappa shape index (κ3) is 5.14. The minimum Gasteiger partial charge on any atom is -0.495 e. The molecule has 2 unspecified atom stereocenters. The van der Waals surface area contributed by atoms with E-state index in [4.69, 9.17) is 4.74 Å². The largest absolute Gasteiger partial charge is 0.495 e. The second-order valence-corrected chi connectivity index (χ2v) is 7.57. The highest BCUT2D eigenvalue weighted by molar-refractivity contribution is 6.00. The van der Waals surface area contributed by atoms with Crippen molar-refractivity contribution in [3.8, 4) is 5.75 Å². The molecule has 1 aliphatic rings. The summed E-state index contributed by atoms with van der Waals surface area (Å²) in [6.45, 7) is 2.66. The van der Waals surface area contributed by atoms with Crippen LogP contribution < -0.4 is 9.64 Å². The highest BCUT2D eigenvalue weighted by Gasteiger charge is 2.31. The molecule has 6 heteroatoms. The van der Waals surface area contributed by atoms with Crippen molar-refractivity contribution in [2.24, 2.45) is 0 Å². The van der Waals surface area contributed by atoms with Gasteiger partial charge in [0.25, 0.3) is 0 Å². The summed E-state index contributed by atoms with van der Waals surface area (Å²) in [4.78, 5) is 18.7. The zero-order valence-electron chi connectivity index (χ0n) is 17.4. The Labute approximate surface area is 172 Å². The molecule has 5 nitrogen and oxygen atoms in total. The monoisotopic (exact) mass is 399 g/mol. The van der Waals surface area contributed by atoms with E-state index in [1.165, 1.54) is 0 Å². The highest BCUT2D eigenvalue weighted by Crippen LogP contribution is 2.29. The molecule has 1 saturated heterocycles. The lowest BCUT2D eigenvalue weighted by Gasteiger charge is -2.39. The van der Waals surface area contributed by atoms with Crippen LogP contribution in [0.25, 0.3) is 0 Å². The Hall–Kier alpha value is -2.44. The number of piperazine rings is 1. The molecule has 0 spiro atoms. The van der Waals surface area contributed by atoms with Crippen LogP contribution >= 0.6 is 0 Å². The molecule has 0 amide bonds. The number of nitrogens with zero attached hydrogens (tertiary/aromatic N) is 3. The first-order valence-corrected chi connectivity index (χ1v) is 10.0. The maximum atomic E-state index is 15.2. The van der Waals surface area contributed by atoms with E-state index in [1.54, 1.807) is 19.2 Å². The molecule has 1 fully saturated rings. The number of benzene rings is 2. The Morgan fingerprint density at radius 2 is 1.66 bits per heavy atom. The van der Waals surface area contributed by atoms with Gasteiger partial charge < -0.3 is 9.64 Å². The number of anilines is 1. The molecule has 156 valence electrons. The molecule has 0 bridgehead atoms. The number of para-hydroxylation sites is 2.